The first-order chi connectivity index (χ1) is 14.9. The number of fused-ring (bicyclic) bond motifs is 5. The van der Waals surface area contributed by atoms with Gasteiger partial charge in [-0.15, -0.1) is 0 Å². The maximum absolute atomic E-state index is 6.49. The molecular formula is C27H24ClNO2. The fourth-order valence-corrected chi connectivity index (χ4v) is 4.80. The third-order valence-corrected chi connectivity index (χ3v) is 6.11. The highest BCUT2D eigenvalue weighted by molar-refractivity contribution is 6.32. The van der Waals surface area contributed by atoms with Crippen LogP contribution in [0, 0.1) is 0 Å². The zero-order valence-electron chi connectivity index (χ0n) is 18.0. The van der Waals surface area contributed by atoms with Crippen molar-refractivity contribution in [3.63, 3.8) is 0 Å². The fraction of sp³-hybridized carbons (Fsp3) is 0.185. The Balaban J connectivity index is 1.84. The number of benzene rings is 3. The molecule has 5 rings (SSSR count). The predicted molar refractivity (Wildman–Crippen MR) is 130 cm³/mol. The van der Waals surface area contributed by atoms with Gasteiger partial charge in [-0.05, 0) is 62.2 Å². The first-order valence-electron chi connectivity index (χ1n) is 10.3. The van der Waals surface area contributed by atoms with Gasteiger partial charge in [0.25, 0.3) is 0 Å². The van der Waals surface area contributed by atoms with E-state index in [2.05, 4.69) is 44.3 Å². The molecule has 0 radical (unpaired) electrons. The summed E-state index contributed by atoms with van der Waals surface area (Å²) in [7, 11) is 1.69. The summed E-state index contributed by atoms with van der Waals surface area (Å²) in [5.74, 6) is 2.34. The molecule has 0 bridgehead atoms. The van der Waals surface area contributed by atoms with Crippen molar-refractivity contribution in [1.29, 1.82) is 0 Å². The zero-order chi connectivity index (χ0) is 21.8. The summed E-state index contributed by atoms with van der Waals surface area (Å²) < 4.78 is 12.2. The number of hydrogen-bond acceptors (Lipinski definition) is 3. The smallest absolute Gasteiger partial charge is 0.139 e. The normalized spacial score (nSPS) is 16.9. The highest BCUT2D eigenvalue weighted by Crippen LogP contribution is 2.52. The van der Waals surface area contributed by atoms with E-state index in [9.17, 15) is 0 Å². The van der Waals surface area contributed by atoms with Crippen LogP contribution < -0.4 is 14.8 Å². The number of ether oxygens (including phenoxy) is 2. The van der Waals surface area contributed by atoms with Crippen molar-refractivity contribution >= 4 is 34.7 Å². The number of nitrogens with one attached hydrogen (secondary N) is 1. The average molecular weight is 430 g/mol. The number of anilines is 1. The van der Waals surface area contributed by atoms with Gasteiger partial charge in [0.15, 0.2) is 0 Å². The molecular weight excluding hydrogens is 406 g/mol. The van der Waals surface area contributed by atoms with Crippen LogP contribution in [0.5, 0.6) is 11.5 Å². The molecule has 3 aromatic carbocycles. The molecule has 3 nitrogen and oxygen atoms in total. The van der Waals surface area contributed by atoms with E-state index in [1.54, 1.807) is 7.11 Å². The van der Waals surface area contributed by atoms with Crippen LogP contribution in [0.25, 0.3) is 28.5 Å². The minimum absolute atomic E-state index is 0.122. The molecule has 3 aromatic rings. The second-order valence-corrected chi connectivity index (χ2v) is 8.96. The summed E-state index contributed by atoms with van der Waals surface area (Å²) in [6.07, 6.45) is 4.29. The third kappa shape index (κ3) is 3.30. The molecule has 2 aliphatic heterocycles. The van der Waals surface area contributed by atoms with Crippen molar-refractivity contribution in [2.24, 2.45) is 0 Å². The topological polar surface area (TPSA) is 30.5 Å². The molecule has 0 amide bonds. The molecule has 0 aliphatic carbocycles. The van der Waals surface area contributed by atoms with Gasteiger partial charge in [-0.2, -0.15) is 0 Å². The predicted octanol–water partition coefficient (Wildman–Crippen LogP) is 7.51. The second-order valence-electron chi connectivity index (χ2n) is 8.55. The maximum atomic E-state index is 6.49. The molecule has 0 saturated carbocycles. The van der Waals surface area contributed by atoms with Crippen molar-refractivity contribution in [3.05, 3.63) is 82.4 Å². The third-order valence-electron chi connectivity index (χ3n) is 5.77. The van der Waals surface area contributed by atoms with Crippen molar-refractivity contribution in [3.8, 4) is 22.6 Å². The van der Waals surface area contributed by atoms with E-state index in [1.165, 1.54) is 5.57 Å². The van der Waals surface area contributed by atoms with Crippen LogP contribution in [0.15, 0.2) is 60.7 Å². The van der Waals surface area contributed by atoms with Gasteiger partial charge in [-0.1, -0.05) is 48.0 Å². The molecule has 0 saturated heterocycles. The number of halogens is 1. The summed E-state index contributed by atoms with van der Waals surface area (Å²) in [6.45, 7) is 6.51. The number of methoxy groups -OCH3 is 1. The Morgan fingerprint density at radius 1 is 0.968 bits per heavy atom. The van der Waals surface area contributed by atoms with Crippen LogP contribution in [0.3, 0.4) is 0 Å². The van der Waals surface area contributed by atoms with Gasteiger partial charge in [-0.25, -0.2) is 0 Å². The Labute approximate surface area is 188 Å². The molecule has 0 aromatic heterocycles. The molecule has 2 aliphatic rings. The number of hydrogen-bond donors (Lipinski definition) is 1. The molecule has 0 spiro atoms. The zero-order valence-corrected chi connectivity index (χ0v) is 18.8. The summed E-state index contributed by atoms with van der Waals surface area (Å²) in [5, 5.41) is 4.34. The second kappa shape index (κ2) is 7.21. The average Bonchev–Trinajstić information content (AvgIpc) is 2.73. The molecule has 156 valence electrons. The van der Waals surface area contributed by atoms with Gasteiger partial charge in [0.1, 0.15) is 17.3 Å². The van der Waals surface area contributed by atoms with Gasteiger partial charge in [0.2, 0.25) is 0 Å². The maximum Gasteiger partial charge on any atom is 0.139 e. The molecule has 0 fully saturated rings. The van der Waals surface area contributed by atoms with Crippen LogP contribution in [-0.2, 0) is 0 Å². The summed E-state index contributed by atoms with van der Waals surface area (Å²) in [5.41, 5.74) is 7.35. The Morgan fingerprint density at radius 2 is 1.77 bits per heavy atom. The van der Waals surface area contributed by atoms with E-state index in [0.717, 1.165) is 50.8 Å². The van der Waals surface area contributed by atoms with Gasteiger partial charge < -0.3 is 14.8 Å². The van der Waals surface area contributed by atoms with Crippen LogP contribution in [0.4, 0.5) is 5.69 Å². The molecule has 4 heteroatoms. The standard InChI is InChI=1S/C27H24ClNO2/c1-16-15-27(2,3)29-20-13-12-18-25-21(30-4)10-7-11-22(25)31-23(26(18)24(16)20)14-17-8-5-6-9-19(17)28/h5-15,29H,1-4H3. The Morgan fingerprint density at radius 3 is 2.55 bits per heavy atom. The molecule has 2 heterocycles. The molecule has 31 heavy (non-hydrogen) atoms. The number of rotatable bonds is 2. The van der Waals surface area contributed by atoms with Gasteiger partial charge in [-0.3, -0.25) is 0 Å². The van der Waals surface area contributed by atoms with Crippen LogP contribution in [0.1, 0.15) is 37.5 Å². The first-order valence-corrected chi connectivity index (χ1v) is 10.7. The Kier molecular flexibility index (Phi) is 4.60. The van der Waals surface area contributed by atoms with E-state index in [4.69, 9.17) is 21.1 Å². The first kappa shape index (κ1) is 19.8. The number of allylic oxidation sites excluding steroid dienone is 1. The van der Waals surface area contributed by atoms with Crippen molar-refractivity contribution in [2.45, 2.75) is 26.3 Å². The minimum atomic E-state index is -0.122. The minimum Gasteiger partial charge on any atom is -0.496 e. The van der Waals surface area contributed by atoms with Crippen LogP contribution in [-0.4, -0.2) is 12.6 Å². The van der Waals surface area contributed by atoms with Gasteiger partial charge >= 0.3 is 0 Å². The lowest BCUT2D eigenvalue weighted by Gasteiger charge is -2.35. The summed E-state index contributed by atoms with van der Waals surface area (Å²) in [6, 6.07) is 18.0. The van der Waals surface area contributed by atoms with Crippen LogP contribution in [0.2, 0.25) is 5.02 Å². The highest BCUT2D eigenvalue weighted by Gasteiger charge is 2.32. The fourth-order valence-electron chi connectivity index (χ4n) is 4.61. The quantitative estimate of drug-likeness (QED) is 0.457. The highest BCUT2D eigenvalue weighted by atomic mass is 35.5. The van der Waals surface area contributed by atoms with Crippen molar-refractivity contribution in [1.82, 2.24) is 0 Å². The summed E-state index contributed by atoms with van der Waals surface area (Å²) in [4.78, 5) is 0. The van der Waals surface area contributed by atoms with Crippen molar-refractivity contribution < 1.29 is 9.47 Å². The summed E-state index contributed by atoms with van der Waals surface area (Å²) >= 11 is 6.48. The monoisotopic (exact) mass is 429 g/mol. The SMILES string of the molecule is COc1cccc2c1-c1ccc3c(c1C(=Cc1ccccc1Cl)O2)C(C)=CC(C)(C)N3. The Hall–Kier alpha value is -3.17. The van der Waals surface area contributed by atoms with E-state index < -0.39 is 0 Å². The lowest BCUT2D eigenvalue weighted by atomic mass is 9.83. The molecule has 0 atom stereocenters. The molecule has 0 unspecified atom stereocenters. The largest absolute Gasteiger partial charge is 0.496 e. The van der Waals surface area contributed by atoms with Gasteiger partial charge in [0, 0.05) is 27.4 Å². The lowest BCUT2D eigenvalue weighted by molar-refractivity contribution is 0.412. The van der Waals surface area contributed by atoms with Crippen LogP contribution >= 0.6 is 11.6 Å². The Bertz CT molecular complexity index is 1270. The van der Waals surface area contributed by atoms with E-state index in [0.29, 0.717) is 5.02 Å². The van der Waals surface area contributed by atoms with Gasteiger partial charge in [0.05, 0.1) is 18.2 Å². The molecule has 1 N–H and O–H groups in total. The van der Waals surface area contributed by atoms with E-state index >= 15 is 0 Å². The van der Waals surface area contributed by atoms with Crippen molar-refractivity contribution in [2.75, 3.05) is 12.4 Å². The lowest BCUT2D eigenvalue weighted by Crippen LogP contribution is -2.32. The van der Waals surface area contributed by atoms with E-state index in [1.807, 2.05) is 48.5 Å². The van der Waals surface area contributed by atoms with E-state index in [-0.39, 0.29) is 5.54 Å².